The minimum absolute atomic E-state index is 0.213. The van der Waals surface area contributed by atoms with E-state index >= 15 is 0 Å². The van der Waals surface area contributed by atoms with Crippen molar-refractivity contribution in [3.05, 3.63) is 94.9 Å². The van der Waals surface area contributed by atoms with Crippen LogP contribution in [0.5, 0.6) is 5.75 Å². The van der Waals surface area contributed by atoms with Gasteiger partial charge >= 0.3 is 0 Å². The molecule has 2 aromatic carbocycles. The number of nitrogens with one attached hydrogen (secondary N) is 2. The highest BCUT2D eigenvalue weighted by Crippen LogP contribution is 2.29. The Morgan fingerprint density at radius 2 is 1.90 bits per heavy atom. The van der Waals surface area contributed by atoms with Crippen LogP contribution in [0.1, 0.15) is 5.69 Å². The Morgan fingerprint density at radius 1 is 1.13 bits per heavy atom. The van der Waals surface area contributed by atoms with Crippen LogP contribution in [0.4, 0.5) is 11.4 Å². The number of nitrogens with zero attached hydrogens (tertiary/aromatic N) is 3. The number of rotatable bonds is 7. The number of aromatic nitrogens is 2. The normalized spacial score (nSPS) is 13.3. The van der Waals surface area contributed by atoms with Gasteiger partial charge in [-0.3, -0.25) is 4.79 Å². The molecule has 3 aromatic rings. The van der Waals surface area contributed by atoms with Gasteiger partial charge in [-0.1, -0.05) is 30.4 Å². The van der Waals surface area contributed by atoms with E-state index in [0.717, 1.165) is 30.7 Å². The number of anilines is 2. The number of ether oxygens (including phenoxy) is 1. The van der Waals surface area contributed by atoms with Crippen molar-refractivity contribution in [1.82, 2.24) is 9.78 Å². The molecule has 0 saturated heterocycles. The third kappa shape index (κ3) is 4.40. The van der Waals surface area contributed by atoms with Crippen molar-refractivity contribution in [2.45, 2.75) is 0 Å². The summed E-state index contributed by atoms with van der Waals surface area (Å²) in [6, 6.07) is 16.8. The van der Waals surface area contributed by atoms with Crippen molar-refractivity contribution >= 4 is 23.3 Å². The van der Waals surface area contributed by atoms with E-state index < -0.39 is 0 Å². The zero-order valence-corrected chi connectivity index (χ0v) is 17.2. The third-order valence-corrected chi connectivity index (χ3v) is 4.96. The molecular formula is C24H23N5O2. The lowest BCUT2D eigenvalue weighted by Gasteiger charge is -2.20. The molecule has 0 fully saturated rings. The zero-order valence-electron chi connectivity index (χ0n) is 17.2. The molecule has 0 saturated carbocycles. The minimum atomic E-state index is -0.244. The molecule has 2 N–H and O–H groups in total. The topological polar surface area (TPSA) is 83.2 Å². The lowest BCUT2D eigenvalue weighted by molar-refractivity contribution is 0.411. The molecule has 156 valence electrons. The van der Waals surface area contributed by atoms with Crippen LogP contribution >= 0.6 is 0 Å². The van der Waals surface area contributed by atoms with Gasteiger partial charge in [0.15, 0.2) is 5.69 Å². The SMILES string of the molecule is COc1cc(N2CC=CC2)ccc1-n1ccc(=O)c(/C(=C/C=N)Nc2ccccc2)n1. The number of hydrogen-bond acceptors (Lipinski definition) is 6. The van der Waals surface area contributed by atoms with Gasteiger partial charge in [0, 0.05) is 49.0 Å². The van der Waals surface area contributed by atoms with E-state index in [1.807, 2.05) is 48.5 Å². The molecule has 1 aromatic heterocycles. The van der Waals surface area contributed by atoms with Gasteiger partial charge in [0.2, 0.25) is 5.43 Å². The number of allylic oxidation sites excluding steroid dienone is 1. The van der Waals surface area contributed by atoms with E-state index in [-0.39, 0.29) is 11.1 Å². The van der Waals surface area contributed by atoms with E-state index in [4.69, 9.17) is 10.1 Å². The number of methoxy groups -OCH3 is 1. The van der Waals surface area contributed by atoms with Crippen molar-refractivity contribution in [1.29, 1.82) is 5.41 Å². The maximum atomic E-state index is 12.6. The molecule has 7 heteroatoms. The minimum Gasteiger partial charge on any atom is -0.494 e. The summed E-state index contributed by atoms with van der Waals surface area (Å²) in [5, 5.41) is 15.2. The van der Waals surface area contributed by atoms with Crippen LogP contribution in [0.3, 0.4) is 0 Å². The molecule has 4 rings (SSSR count). The van der Waals surface area contributed by atoms with Gasteiger partial charge in [-0.05, 0) is 30.3 Å². The molecule has 0 bridgehead atoms. The predicted molar refractivity (Wildman–Crippen MR) is 125 cm³/mol. The summed E-state index contributed by atoms with van der Waals surface area (Å²) in [6.45, 7) is 1.73. The summed E-state index contributed by atoms with van der Waals surface area (Å²) in [7, 11) is 1.62. The maximum Gasteiger partial charge on any atom is 0.209 e. The van der Waals surface area contributed by atoms with Crippen LogP contribution in [-0.2, 0) is 0 Å². The van der Waals surface area contributed by atoms with Crippen molar-refractivity contribution in [3.8, 4) is 11.4 Å². The first-order valence-electron chi connectivity index (χ1n) is 9.91. The van der Waals surface area contributed by atoms with Crippen molar-refractivity contribution < 1.29 is 4.74 Å². The fourth-order valence-electron chi connectivity index (χ4n) is 3.41. The van der Waals surface area contributed by atoms with Gasteiger partial charge in [0.25, 0.3) is 0 Å². The predicted octanol–water partition coefficient (Wildman–Crippen LogP) is 3.72. The monoisotopic (exact) mass is 413 g/mol. The average molecular weight is 413 g/mol. The third-order valence-electron chi connectivity index (χ3n) is 4.96. The van der Waals surface area contributed by atoms with Crippen LogP contribution in [0, 0.1) is 5.41 Å². The van der Waals surface area contributed by atoms with E-state index in [9.17, 15) is 4.79 Å². The summed E-state index contributed by atoms with van der Waals surface area (Å²) < 4.78 is 7.24. The van der Waals surface area contributed by atoms with Crippen LogP contribution in [0.25, 0.3) is 11.4 Å². The van der Waals surface area contributed by atoms with Gasteiger partial charge < -0.3 is 20.4 Å². The highest BCUT2D eigenvalue weighted by molar-refractivity contribution is 5.86. The molecular weight excluding hydrogens is 390 g/mol. The molecule has 0 radical (unpaired) electrons. The van der Waals surface area contributed by atoms with Gasteiger partial charge in [0.1, 0.15) is 11.4 Å². The molecule has 7 nitrogen and oxygen atoms in total. The van der Waals surface area contributed by atoms with Crippen LogP contribution in [0.2, 0.25) is 0 Å². The van der Waals surface area contributed by atoms with Gasteiger partial charge in [-0.15, -0.1) is 0 Å². The quantitative estimate of drug-likeness (QED) is 0.456. The maximum absolute atomic E-state index is 12.6. The number of benzene rings is 2. The van der Waals surface area contributed by atoms with Crippen molar-refractivity contribution in [3.63, 3.8) is 0 Å². The second kappa shape index (κ2) is 9.13. The molecule has 31 heavy (non-hydrogen) atoms. The van der Waals surface area contributed by atoms with Crippen LogP contribution in [-0.4, -0.2) is 36.2 Å². The van der Waals surface area contributed by atoms with Crippen molar-refractivity contribution in [2.24, 2.45) is 0 Å². The summed E-state index contributed by atoms with van der Waals surface area (Å²) in [5.41, 5.74) is 2.99. The molecule has 0 spiro atoms. The fraction of sp³-hybridized carbons (Fsp3) is 0.125. The Bertz CT molecular complexity index is 1190. The highest BCUT2D eigenvalue weighted by Gasteiger charge is 2.15. The Morgan fingerprint density at radius 3 is 2.61 bits per heavy atom. The Balaban J connectivity index is 1.72. The van der Waals surface area contributed by atoms with Gasteiger partial charge in [-0.2, -0.15) is 5.10 Å². The second-order valence-electron chi connectivity index (χ2n) is 6.94. The van der Waals surface area contributed by atoms with Gasteiger partial charge in [-0.25, -0.2) is 4.68 Å². The van der Waals surface area contributed by atoms with E-state index in [1.54, 1.807) is 18.0 Å². The van der Waals surface area contributed by atoms with Gasteiger partial charge in [0.05, 0.1) is 12.8 Å². The average Bonchev–Trinajstić information content (AvgIpc) is 3.35. The van der Waals surface area contributed by atoms with E-state index in [1.165, 1.54) is 12.1 Å². The zero-order chi connectivity index (χ0) is 21.6. The van der Waals surface area contributed by atoms with Crippen LogP contribution < -0.4 is 20.4 Å². The molecule has 0 amide bonds. The molecule has 1 aliphatic heterocycles. The van der Waals surface area contributed by atoms with Crippen molar-refractivity contribution in [2.75, 3.05) is 30.4 Å². The second-order valence-corrected chi connectivity index (χ2v) is 6.94. The Labute approximate surface area is 180 Å². The first-order valence-corrected chi connectivity index (χ1v) is 9.91. The molecule has 0 aliphatic carbocycles. The lowest BCUT2D eigenvalue weighted by Crippen LogP contribution is -2.20. The highest BCUT2D eigenvalue weighted by atomic mass is 16.5. The summed E-state index contributed by atoms with van der Waals surface area (Å²) in [6.07, 6.45) is 8.52. The largest absolute Gasteiger partial charge is 0.494 e. The first-order chi connectivity index (χ1) is 15.2. The summed E-state index contributed by atoms with van der Waals surface area (Å²) in [5.74, 6) is 0.653. The summed E-state index contributed by atoms with van der Waals surface area (Å²) in [4.78, 5) is 14.8. The first kappa shape index (κ1) is 20.2. The molecule has 2 heterocycles. The number of para-hydroxylation sites is 1. The molecule has 0 unspecified atom stereocenters. The van der Waals surface area contributed by atoms with E-state index in [0.29, 0.717) is 17.1 Å². The van der Waals surface area contributed by atoms with Crippen LogP contribution in [0.15, 0.2) is 83.8 Å². The lowest BCUT2D eigenvalue weighted by atomic mass is 10.2. The Hall–Kier alpha value is -4.13. The molecule has 1 aliphatic rings. The number of hydrogen-bond donors (Lipinski definition) is 2. The standard InChI is InChI=1S/C24H23N5O2/c1-31-23-17-19(28-14-5-6-15-28)9-10-21(23)29-16-12-22(30)24(27-29)20(11-13-25)26-18-7-3-2-4-8-18/h2-13,16-17,25-26H,14-15H2,1H3/b20-11-,25-13?. The molecule has 0 atom stereocenters. The smallest absolute Gasteiger partial charge is 0.209 e. The van der Waals surface area contributed by atoms with E-state index in [2.05, 4.69) is 27.5 Å². The summed E-state index contributed by atoms with van der Waals surface area (Å²) >= 11 is 0. The fourth-order valence-corrected chi connectivity index (χ4v) is 3.41. The Kier molecular flexibility index (Phi) is 5.93.